The molecule has 0 fully saturated rings. The molecule has 31 heavy (non-hydrogen) atoms. The largest absolute Gasteiger partial charge is 0.135 e. The van der Waals surface area contributed by atoms with E-state index in [4.69, 9.17) is 6.42 Å². The number of rotatable bonds is 8. The second-order valence-corrected chi connectivity index (χ2v) is 8.13. The van der Waals surface area contributed by atoms with E-state index in [9.17, 15) is 0 Å². The van der Waals surface area contributed by atoms with Gasteiger partial charge >= 0.3 is 0 Å². The van der Waals surface area contributed by atoms with Crippen molar-refractivity contribution in [2.75, 3.05) is 0 Å². The maximum absolute atomic E-state index is 5.18. The zero-order valence-electron chi connectivity index (χ0n) is 17.6. The summed E-state index contributed by atoms with van der Waals surface area (Å²) in [5.74, 6) is 2.48. The Morgan fingerprint density at radius 2 is 2.03 bits per heavy atom. The first kappa shape index (κ1) is 22.1. The van der Waals surface area contributed by atoms with E-state index in [-0.39, 0.29) is 0 Å². The zero-order valence-corrected chi connectivity index (χ0v) is 18.4. The Balaban J connectivity index is 1.78. The number of hydrogen-bond acceptors (Lipinski definition) is 1. The molecule has 152 valence electrons. The SMILES string of the molecule is C#C/C=C\C=C/C/C=C/c1ccc2c3c(sc2c1)C=C(/C=C/C(=C)/C=C\C=C)C=CC3. The average Bonchev–Trinajstić information content (AvgIpc) is 2.98. The number of terminal acetylenes is 1. The molecule has 3 rings (SSSR count). The molecule has 1 aliphatic rings. The van der Waals surface area contributed by atoms with Crippen molar-refractivity contribution in [3.05, 3.63) is 131 Å². The molecule has 0 radical (unpaired) electrons. The fourth-order valence-electron chi connectivity index (χ4n) is 3.23. The molecular weight excluding hydrogens is 392 g/mol. The fourth-order valence-corrected chi connectivity index (χ4v) is 4.48. The molecule has 0 N–H and O–H groups in total. The lowest BCUT2D eigenvalue weighted by Crippen LogP contribution is -1.80. The van der Waals surface area contributed by atoms with Gasteiger partial charge in [0.2, 0.25) is 0 Å². The number of allylic oxidation sites excluding steroid dienone is 14. The Bertz CT molecular complexity index is 1210. The molecule has 0 atom stereocenters. The van der Waals surface area contributed by atoms with Crippen molar-refractivity contribution < 1.29 is 0 Å². The van der Waals surface area contributed by atoms with Crippen LogP contribution < -0.4 is 0 Å². The molecule has 1 heterocycles. The second-order valence-electron chi connectivity index (χ2n) is 7.05. The molecule has 0 unspecified atom stereocenters. The number of hydrogen-bond donors (Lipinski definition) is 0. The minimum absolute atomic E-state index is 0.879. The van der Waals surface area contributed by atoms with Gasteiger partial charge in [-0.15, -0.1) is 17.8 Å². The van der Waals surface area contributed by atoms with Gasteiger partial charge in [-0.3, -0.25) is 0 Å². The van der Waals surface area contributed by atoms with Gasteiger partial charge in [0, 0.05) is 9.58 Å². The lowest BCUT2D eigenvalue weighted by molar-refractivity contribution is 1.32. The summed E-state index contributed by atoms with van der Waals surface area (Å²) in [6, 6.07) is 6.73. The number of thiophene rings is 1. The Labute approximate surface area is 190 Å². The third kappa shape index (κ3) is 6.44. The first-order valence-electron chi connectivity index (χ1n) is 10.3. The first-order chi connectivity index (χ1) is 15.2. The van der Waals surface area contributed by atoms with Crippen LogP contribution in [0.1, 0.15) is 22.4 Å². The molecule has 0 nitrogen and oxygen atoms in total. The molecule has 0 spiro atoms. The van der Waals surface area contributed by atoms with Crippen LogP contribution >= 0.6 is 11.3 Å². The van der Waals surface area contributed by atoms with Gasteiger partial charge in [-0.25, -0.2) is 0 Å². The van der Waals surface area contributed by atoms with Crippen LogP contribution in [0.2, 0.25) is 0 Å². The van der Waals surface area contributed by atoms with E-state index in [1.165, 1.54) is 31.7 Å². The third-order valence-corrected chi connectivity index (χ3v) is 5.88. The highest BCUT2D eigenvalue weighted by Crippen LogP contribution is 2.36. The highest BCUT2D eigenvalue weighted by molar-refractivity contribution is 7.20. The highest BCUT2D eigenvalue weighted by atomic mass is 32.1. The Morgan fingerprint density at radius 3 is 2.87 bits per heavy atom. The summed E-state index contributed by atoms with van der Waals surface area (Å²) >= 11 is 1.86. The molecule has 0 saturated heterocycles. The summed E-state index contributed by atoms with van der Waals surface area (Å²) in [5.41, 5.74) is 4.77. The Kier molecular flexibility index (Phi) is 8.23. The maximum atomic E-state index is 5.18. The van der Waals surface area contributed by atoms with E-state index in [1.54, 1.807) is 12.2 Å². The quantitative estimate of drug-likeness (QED) is 0.298. The normalized spacial score (nSPS) is 14.1. The van der Waals surface area contributed by atoms with E-state index < -0.39 is 0 Å². The number of fused-ring (bicyclic) bond motifs is 3. The van der Waals surface area contributed by atoms with Gasteiger partial charge < -0.3 is 0 Å². The summed E-state index contributed by atoms with van der Waals surface area (Å²) < 4.78 is 1.33. The minimum atomic E-state index is 0.879. The summed E-state index contributed by atoms with van der Waals surface area (Å²) in [4.78, 5) is 1.33. The molecule has 0 amide bonds. The molecule has 1 aromatic carbocycles. The monoisotopic (exact) mass is 418 g/mol. The molecular formula is C30H26S. The molecule has 2 aromatic rings. The van der Waals surface area contributed by atoms with Gasteiger partial charge in [0.1, 0.15) is 0 Å². The molecule has 1 aromatic heterocycles. The lowest BCUT2D eigenvalue weighted by atomic mass is 10.1. The topological polar surface area (TPSA) is 0 Å². The number of benzene rings is 1. The van der Waals surface area contributed by atoms with Crippen molar-refractivity contribution in [1.29, 1.82) is 0 Å². The van der Waals surface area contributed by atoms with Gasteiger partial charge in [-0.2, -0.15) is 0 Å². The van der Waals surface area contributed by atoms with E-state index in [0.29, 0.717) is 0 Å². The maximum Gasteiger partial charge on any atom is 0.0358 e. The second kappa shape index (κ2) is 11.6. The summed E-state index contributed by atoms with van der Waals surface area (Å²) in [5, 5.41) is 1.35. The predicted octanol–water partition coefficient (Wildman–Crippen LogP) is 8.40. The van der Waals surface area contributed by atoms with Gasteiger partial charge in [-0.05, 0) is 58.7 Å². The molecule has 1 aliphatic carbocycles. The van der Waals surface area contributed by atoms with Crippen LogP contribution in [0.25, 0.3) is 22.2 Å². The highest BCUT2D eigenvalue weighted by Gasteiger charge is 2.12. The summed E-state index contributed by atoms with van der Waals surface area (Å²) in [6.45, 7) is 7.74. The molecule has 0 aliphatic heterocycles. The third-order valence-electron chi connectivity index (χ3n) is 4.74. The van der Waals surface area contributed by atoms with Gasteiger partial charge in [-0.1, -0.05) is 104 Å². The van der Waals surface area contributed by atoms with Crippen molar-refractivity contribution in [1.82, 2.24) is 0 Å². The van der Waals surface area contributed by atoms with Crippen LogP contribution in [0.3, 0.4) is 0 Å². The van der Waals surface area contributed by atoms with Gasteiger partial charge in [0.15, 0.2) is 0 Å². The van der Waals surface area contributed by atoms with Crippen LogP contribution in [-0.2, 0) is 6.42 Å². The smallest absolute Gasteiger partial charge is 0.0358 e. The van der Waals surface area contributed by atoms with Crippen molar-refractivity contribution in [3.8, 4) is 12.3 Å². The van der Waals surface area contributed by atoms with Crippen molar-refractivity contribution in [3.63, 3.8) is 0 Å². The van der Waals surface area contributed by atoms with Crippen molar-refractivity contribution in [2.24, 2.45) is 0 Å². The van der Waals surface area contributed by atoms with Gasteiger partial charge in [0.05, 0.1) is 0 Å². The fraction of sp³-hybridized carbons (Fsp3) is 0.0667. The van der Waals surface area contributed by atoms with E-state index >= 15 is 0 Å². The van der Waals surface area contributed by atoms with E-state index in [0.717, 1.165) is 18.4 Å². The standard InChI is InChI=1S/C30H26S/c1-4-6-8-9-10-11-12-15-25-20-21-28-27-17-13-16-26(19-18-24(3)14-7-5-2)23-29(27)31-30(28)22-25/h1,5-10,12-16,18-23H,2-3,11,17H2/b8-6-,10-9-,14-7-,15-12+,19-18+. The van der Waals surface area contributed by atoms with Gasteiger partial charge in [0.25, 0.3) is 0 Å². The van der Waals surface area contributed by atoms with Crippen LogP contribution in [0.4, 0.5) is 0 Å². The molecule has 1 heteroatoms. The van der Waals surface area contributed by atoms with Crippen LogP contribution in [0.15, 0.2) is 115 Å². The first-order valence-corrected chi connectivity index (χ1v) is 11.1. The van der Waals surface area contributed by atoms with Crippen LogP contribution in [-0.4, -0.2) is 0 Å². The lowest BCUT2D eigenvalue weighted by Gasteiger charge is -1.97. The van der Waals surface area contributed by atoms with E-state index in [2.05, 4.69) is 79.8 Å². The Morgan fingerprint density at radius 1 is 1.13 bits per heavy atom. The van der Waals surface area contributed by atoms with Crippen LogP contribution in [0, 0.1) is 12.3 Å². The van der Waals surface area contributed by atoms with Crippen LogP contribution in [0.5, 0.6) is 0 Å². The zero-order chi connectivity index (χ0) is 21.9. The molecule has 0 bridgehead atoms. The summed E-state index contributed by atoms with van der Waals surface area (Å²) in [7, 11) is 0. The molecule has 0 saturated carbocycles. The Hall–Kier alpha value is -3.60. The minimum Gasteiger partial charge on any atom is -0.135 e. The van der Waals surface area contributed by atoms with Crippen molar-refractivity contribution >= 4 is 33.6 Å². The van der Waals surface area contributed by atoms with E-state index in [1.807, 2.05) is 41.7 Å². The summed E-state index contributed by atoms with van der Waals surface area (Å²) in [6.07, 6.45) is 35.4. The average molecular weight is 419 g/mol. The predicted molar refractivity (Wildman–Crippen MR) is 141 cm³/mol. The van der Waals surface area contributed by atoms with Crippen molar-refractivity contribution in [2.45, 2.75) is 12.8 Å².